The van der Waals surface area contributed by atoms with Crippen molar-refractivity contribution in [2.24, 2.45) is 0 Å². The smallest absolute Gasteiger partial charge is 0.253 e. The van der Waals surface area contributed by atoms with Crippen LogP contribution in [0, 0.1) is 0 Å². The maximum atomic E-state index is 12.8. The fourth-order valence-electron chi connectivity index (χ4n) is 3.98. The number of rotatable bonds is 8. The van der Waals surface area contributed by atoms with Crippen molar-refractivity contribution in [2.45, 2.75) is 27.3 Å². The highest BCUT2D eigenvalue weighted by molar-refractivity contribution is 5.96. The molecule has 2 aromatic rings. The van der Waals surface area contributed by atoms with Crippen molar-refractivity contribution in [2.75, 3.05) is 26.2 Å². The van der Waals surface area contributed by atoms with Gasteiger partial charge in [-0.1, -0.05) is 73.4 Å². The second-order valence-electron chi connectivity index (χ2n) is 7.92. The largest absolute Gasteiger partial charge is 0.340 e. The summed E-state index contributed by atoms with van der Waals surface area (Å²) in [5.41, 5.74) is 4.93. The molecule has 1 saturated heterocycles. The van der Waals surface area contributed by atoms with Gasteiger partial charge in [0, 0.05) is 37.3 Å². The molecule has 1 N–H and O–H groups in total. The van der Waals surface area contributed by atoms with E-state index in [1.807, 2.05) is 62.1 Å². The number of amides is 1. The van der Waals surface area contributed by atoms with E-state index in [-0.39, 0.29) is 5.91 Å². The van der Waals surface area contributed by atoms with Gasteiger partial charge in [-0.3, -0.25) is 9.69 Å². The Morgan fingerprint density at radius 1 is 1.06 bits per heavy atom. The summed E-state index contributed by atoms with van der Waals surface area (Å²) in [5, 5.41) is 0. The number of aromatic nitrogens is 2. The van der Waals surface area contributed by atoms with Gasteiger partial charge in [-0.2, -0.15) is 0 Å². The highest BCUT2D eigenvalue weighted by Crippen LogP contribution is 2.28. The zero-order valence-corrected chi connectivity index (χ0v) is 19.9. The van der Waals surface area contributed by atoms with Gasteiger partial charge in [-0.25, -0.2) is 4.98 Å². The van der Waals surface area contributed by atoms with Crippen LogP contribution < -0.4 is 0 Å². The number of allylic oxidation sites excluding steroid dienone is 7. The number of imidazole rings is 1. The molecule has 33 heavy (non-hydrogen) atoms. The van der Waals surface area contributed by atoms with E-state index in [4.69, 9.17) is 4.98 Å². The molecule has 172 valence electrons. The number of hydrogen-bond donors (Lipinski definition) is 1. The first-order chi connectivity index (χ1) is 16.1. The van der Waals surface area contributed by atoms with Gasteiger partial charge >= 0.3 is 0 Å². The van der Waals surface area contributed by atoms with E-state index in [0.717, 1.165) is 48.0 Å². The Bertz CT molecular complexity index is 1060. The lowest BCUT2D eigenvalue weighted by molar-refractivity contribution is -0.128. The number of carbonyl (C=O) groups excluding carboxylic acids is 1. The standard InChI is InChI=1S/C28H34N4O/c1-5-9-14-23(8-4)28(33)32-19-17-31(18-20-32)21-25-29-26(22(7-3)13-6-2)27(30-25)24-15-11-10-12-16-24/h5-16H,1,17-21H2,2-4H3,(H,29,30)/b13-6-,14-9-,22-7+,23-8+. The van der Waals surface area contributed by atoms with Gasteiger partial charge in [-0.05, 0) is 32.4 Å². The Hall–Kier alpha value is -3.44. The molecule has 1 aliphatic rings. The summed E-state index contributed by atoms with van der Waals surface area (Å²) in [5.74, 6) is 1.02. The molecule has 0 radical (unpaired) electrons. The molecule has 3 rings (SSSR count). The molecular formula is C28H34N4O. The van der Waals surface area contributed by atoms with Crippen LogP contribution in [0.15, 0.2) is 85.0 Å². The monoisotopic (exact) mass is 442 g/mol. The molecule has 5 heteroatoms. The third-order valence-corrected chi connectivity index (χ3v) is 5.75. The molecule has 0 spiro atoms. The summed E-state index contributed by atoms with van der Waals surface area (Å²) in [6.45, 7) is 13.4. The molecule has 0 aliphatic carbocycles. The predicted molar refractivity (Wildman–Crippen MR) is 137 cm³/mol. The van der Waals surface area contributed by atoms with Crippen molar-refractivity contribution >= 4 is 11.5 Å². The van der Waals surface area contributed by atoms with E-state index < -0.39 is 0 Å². The number of nitrogens with zero attached hydrogens (tertiary/aromatic N) is 3. The van der Waals surface area contributed by atoms with Crippen molar-refractivity contribution in [3.63, 3.8) is 0 Å². The Morgan fingerprint density at radius 3 is 2.39 bits per heavy atom. The lowest BCUT2D eigenvalue weighted by Crippen LogP contribution is -2.48. The van der Waals surface area contributed by atoms with Crippen molar-refractivity contribution < 1.29 is 4.79 Å². The zero-order chi connectivity index (χ0) is 23.6. The molecular weight excluding hydrogens is 408 g/mol. The molecule has 1 aliphatic heterocycles. The van der Waals surface area contributed by atoms with Crippen LogP contribution in [0.2, 0.25) is 0 Å². The fourth-order valence-corrected chi connectivity index (χ4v) is 3.98. The highest BCUT2D eigenvalue weighted by atomic mass is 16.2. The maximum absolute atomic E-state index is 12.8. The van der Waals surface area contributed by atoms with Crippen LogP contribution in [0.4, 0.5) is 0 Å². The first-order valence-electron chi connectivity index (χ1n) is 11.5. The first-order valence-corrected chi connectivity index (χ1v) is 11.5. The van der Waals surface area contributed by atoms with Gasteiger partial charge in [-0.15, -0.1) is 0 Å². The average Bonchev–Trinajstić information content (AvgIpc) is 3.27. The summed E-state index contributed by atoms with van der Waals surface area (Å²) in [7, 11) is 0. The van der Waals surface area contributed by atoms with Crippen molar-refractivity contribution in [3.8, 4) is 11.3 Å². The average molecular weight is 443 g/mol. The Kier molecular flexibility index (Phi) is 8.79. The van der Waals surface area contributed by atoms with Gasteiger partial charge < -0.3 is 9.88 Å². The number of benzene rings is 1. The minimum atomic E-state index is 0.0750. The van der Waals surface area contributed by atoms with E-state index in [1.54, 1.807) is 12.2 Å². The molecule has 0 saturated carbocycles. The van der Waals surface area contributed by atoms with Crippen LogP contribution in [-0.2, 0) is 11.3 Å². The van der Waals surface area contributed by atoms with Crippen LogP contribution >= 0.6 is 0 Å². The minimum absolute atomic E-state index is 0.0750. The van der Waals surface area contributed by atoms with Crippen LogP contribution in [0.1, 0.15) is 32.3 Å². The van der Waals surface area contributed by atoms with Gasteiger partial charge in [0.15, 0.2) is 0 Å². The van der Waals surface area contributed by atoms with Gasteiger partial charge in [0.05, 0.1) is 17.9 Å². The third kappa shape index (κ3) is 6.08. The number of aromatic amines is 1. The van der Waals surface area contributed by atoms with Gasteiger partial charge in [0.2, 0.25) is 0 Å². The van der Waals surface area contributed by atoms with Gasteiger partial charge in [0.25, 0.3) is 5.91 Å². The zero-order valence-electron chi connectivity index (χ0n) is 19.9. The number of nitrogens with one attached hydrogen (secondary N) is 1. The summed E-state index contributed by atoms with van der Waals surface area (Å²) in [6, 6.07) is 10.3. The first kappa shape index (κ1) is 24.2. The van der Waals surface area contributed by atoms with Crippen LogP contribution in [-0.4, -0.2) is 51.9 Å². The molecule has 2 heterocycles. The lowest BCUT2D eigenvalue weighted by atomic mass is 10.0. The summed E-state index contributed by atoms with van der Waals surface area (Å²) >= 11 is 0. The second-order valence-corrected chi connectivity index (χ2v) is 7.92. The molecule has 1 aromatic carbocycles. The summed E-state index contributed by atoms with van der Waals surface area (Å²) in [4.78, 5) is 25.6. The van der Waals surface area contributed by atoms with Crippen molar-refractivity contribution in [1.29, 1.82) is 0 Å². The SMILES string of the molecule is C=C/C=C\C(=C/C)C(=O)N1CCN(Cc2nc(C(/C=C\C)=C/C)c(-c3ccccc3)[nH]2)CC1. The van der Waals surface area contributed by atoms with E-state index in [1.165, 1.54) is 0 Å². The molecule has 5 nitrogen and oxygen atoms in total. The molecule has 1 amide bonds. The fraction of sp³-hybridized carbons (Fsp3) is 0.286. The van der Waals surface area contributed by atoms with Crippen LogP contribution in [0.25, 0.3) is 16.8 Å². The summed E-state index contributed by atoms with van der Waals surface area (Å²) in [6.07, 6.45) is 13.4. The number of H-pyrrole nitrogens is 1. The Morgan fingerprint density at radius 2 is 1.79 bits per heavy atom. The van der Waals surface area contributed by atoms with E-state index in [9.17, 15) is 4.79 Å². The maximum Gasteiger partial charge on any atom is 0.253 e. The minimum Gasteiger partial charge on any atom is -0.340 e. The number of hydrogen-bond acceptors (Lipinski definition) is 3. The Labute approximate surface area is 197 Å². The molecule has 0 unspecified atom stereocenters. The molecule has 0 bridgehead atoms. The molecule has 1 fully saturated rings. The van der Waals surface area contributed by atoms with Gasteiger partial charge in [0.1, 0.15) is 5.82 Å². The number of piperazine rings is 1. The quantitative estimate of drug-likeness (QED) is 0.441. The Balaban J connectivity index is 1.73. The molecule has 1 aromatic heterocycles. The van der Waals surface area contributed by atoms with Crippen molar-refractivity contribution in [3.05, 3.63) is 96.5 Å². The number of carbonyl (C=O) groups is 1. The van der Waals surface area contributed by atoms with Crippen molar-refractivity contribution in [1.82, 2.24) is 19.8 Å². The van der Waals surface area contributed by atoms with E-state index in [2.05, 4.69) is 40.7 Å². The third-order valence-electron chi connectivity index (χ3n) is 5.75. The lowest BCUT2D eigenvalue weighted by Gasteiger charge is -2.34. The van der Waals surface area contributed by atoms with E-state index in [0.29, 0.717) is 18.7 Å². The predicted octanol–water partition coefficient (Wildman–Crippen LogP) is 5.39. The topological polar surface area (TPSA) is 52.2 Å². The van der Waals surface area contributed by atoms with Crippen LogP contribution in [0.3, 0.4) is 0 Å². The van der Waals surface area contributed by atoms with E-state index >= 15 is 0 Å². The van der Waals surface area contributed by atoms with Crippen LogP contribution in [0.5, 0.6) is 0 Å². The highest BCUT2D eigenvalue weighted by Gasteiger charge is 2.24. The summed E-state index contributed by atoms with van der Waals surface area (Å²) < 4.78 is 0. The molecule has 0 atom stereocenters. The normalized spacial score (nSPS) is 16.2. The second kappa shape index (κ2) is 12.0.